The lowest BCUT2D eigenvalue weighted by Crippen LogP contribution is -2.31. The molecule has 6 heteroatoms. The van der Waals surface area contributed by atoms with Gasteiger partial charge in [0.25, 0.3) is 0 Å². The van der Waals surface area contributed by atoms with Crippen molar-refractivity contribution in [3.05, 3.63) is 47.5 Å². The molecule has 0 heterocycles. The Bertz CT molecular complexity index is 592. The predicted octanol–water partition coefficient (Wildman–Crippen LogP) is 0.490. The van der Waals surface area contributed by atoms with Crippen molar-refractivity contribution in [3.63, 3.8) is 0 Å². The summed E-state index contributed by atoms with van der Waals surface area (Å²) in [6, 6.07) is 8.29. The normalized spacial score (nSPS) is 11.5. The third-order valence-electron chi connectivity index (χ3n) is 3.24. The smallest absolute Gasteiger partial charge is 0.138 e. The van der Waals surface area contributed by atoms with Gasteiger partial charge >= 0.3 is 0 Å². The van der Waals surface area contributed by atoms with Crippen molar-refractivity contribution >= 4 is 11.4 Å². The first-order valence-corrected chi connectivity index (χ1v) is 5.89. The molecule has 0 spiro atoms. The SMILES string of the molecule is Nc1cc(C(O)(CO)c2ccc(O)c(N)c2)ccc1O. The predicted molar refractivity (Wildman–Crippen MR) is 75.1 cm³/mol. The number of phenols is 2. The number of anilines is 2. The molecule has 0 saturated heterocycles. The van der Waals surface area contributed by atoms with Crippen LogP contribution in [0.15, 0.2) is 36.4 Å². The van der Waals surface area contributed by atoms with Crippen LogP contribution in [0.5, 0.6) is 11.5 Å². The van der Waals surface area contributed by atoms with Crippen molar-refractivity contribution in [2.45, 2.75) is 5.60 Å². The van der Waals surface area contributed by atoms with Gasteiger partial charge in [-0.15, -0.1) is 0 Å². The summed E-state index contributed by atoms with van der Waals surface area (Å²) in [5.74, 6) is -0.224. The molecule has 0 fully saturated rings. The van der Waals surface area contributed by atoms with Gasteiger partial charge in [0.05, 0.1) is 18.0 Å². The van der Waals surface area contributed by atoms with E-state index < -0.39 is 12.2 Å². The Morgan fingerprint density at radius 1 is 0.850 bits per heavy atom. The summed E-state index contributed by atoms with van der Waals surface area (Å²) < 4.78 is 0. The van der Waals surface area contributed by atoms with Crippen molar-refractivity contribution in [1.82, 2.24) is 0 Å². The fourth-order valence-electron chi connectivity index (χ4n) is 1.97. The maximum Gasteiger partial charge on any atom is 0.138 e. The Morgan fingerprint density at radius 3 is 1.55 bits per heavy atom. The molecule has 0 aromatic heterocycles. The zero-order chi connectivity index (χ0) is 14.9. The minimum Gasteiger partial charge on any atom is -0.506 e. The molecule has 2 aromatic carbocycles. The van der Waals surface area contributed by atoms with Gasteiger partial charge < -0.3 is 31.9 Å². The molecule has 6 nitrogen and oxygen atoms in total. The van der Waals surface area contributed by atoms with Crippen LogP contribution in [0.2, 0.25) is 0 Å². The van der Waals surface area contributed by atoms with E-state index >= 15 is 0 Å². The van der Waals surface area contributed by atoms with Crippen LogP contribution in [0.4, 0.5) is 11.4 Å². The van der Waals surface area contributed by atoms with Crippen LogP contribution < -0.4 is 11.5 Å². The van der Waals surface area contributed by atoms with Gasteiger partial charge in [-0.1, -0.05) is 12.1 Å². The van der Waals surface area contributed by atoms with Gasteiger partial charge in [0.1, 0.15) is 17.1 Å². The second kappa shape index (κ2) is 4.92. The molecule has 0 aliphatic carbocycles. The molecule has 0 amide bonds. The zero-order valence-electron chi connectivity index (χ0n) is 10.6. The first kappa shape index (κ1) is 14.0. The zero-order valence-corrected chi connectivity index (χ0v) is 10.6. The fourth-order valence-corrected chi connectivity index (χ4v) is 1.97. The molecule has 106 valence electrons. The summed E-state index contributed by atoms with van der Waals surface area (Å²) in [4.78, 5) is 0. The Hall–Kier alpha value is -2.44. The van der Waals surface area contributed by atoms with Crippen LogP contribution in [-0.4, -0.2) is 27.0 Å². The van der Waals surface area contributed by atoms with Gasteiger partial charge in [-0.2, -0.15) is 0 Å². The molecule has 8 N–H and O–H groups in total. The summed E-state index contributed by atoms with van der Waals surface area (Å²) in [6.45, 7) is -0.610. The van der Waals surface area contributed by atoms with E-state index in [0.717, 1.165) is 0 Å². The van der Waals surface area contributed by atoms with E-state index in [1.807, 2.05) is 0 Å². The van der Waals surface area contributed by atoms with Gasteiger partial charge in [0.15, 0.2) is 0 Å². The first-order chi connectivity index (χ1) is 9.38. The van der Waals surface area contributed by atoms with Gasteiger partial charge in [-0.05, 0) is 35.4 Å². The molecule has 0 aliphatic heterocycles. The largest absolute Gasteiger partial charge is 0.506 e. The topological polar surface area (TPSA) is 133 Å². The van der Waals surface area contributed by atoms with E-state index in [-0.39, 0.29) is 22.9 Å². The summed E-state index contributed by atoms with van der Waals surface area (Å²) in [5.41, 5.74) is 10.2. The number of aromatic hydroxyl groups is 2. The first-order valence-electron chi connectivity index (χ1n) is 5.89. The van der Waals surface area contributed by atoms with Gasteiger partial charge in [-0.25, -0.2) is 0 Å². The van der Waals surface area contributed by atoms with Crippen LogP contribution in [0.3, 0.4) is 0 Å². The summed E-state index contributed by atoms with van der Waals surface area (Å²) in [7, 11) is 0. The number of aliphatic hydroxyl groups is 2. The molecule has 0 radical (unpaired) electrons. The Labute approximate surface area is 115 Å². The average Bonchev–Trinajstić information content (AvgIpc) is 2.44. The van der Waals surface area contributed by atoms with Crippen molar-refractivity contribution in [2.75, 3.05) is 18.1 Å². The number of nitrogen functional groups attached to an aromatic ring is 2. The molecule has 0 aliphatic rings. The number of benzene rings is 2. The molecule has 0 saturated carbocycles. The monoisotopic (exact) mass is 276 g/mol. The highest BCUT2D eigenvalue weighted by molar-refractivity contribution is 5.58. The molecule has 0 bridgehead atoms. The van der Waals surface area contributed by atoms with E-state index in [9.17, 15) is 20.4 Å². The van der Waals surface area contributed by atoms with Crippen LogP contribution in [0.1, 0.15) is 11.1 Å². The van der Waals surface area contributed by atoms with E-state index in [1.165, 1.54) is 36.4 Å². The van der Waals surface area contributed by atoms with Crippen molar-refractivity contribution in [1.29, 1.82) is 0 Å². The molecule has 20 heavy (non-hydrogen) atoms. The summed E-state index contributed by atoms with van der Waals surface area (Å²) >= 11 is 0. The maximum absolute atomic E-state index is 10.7. The number of hydrogen-bond donors (Lipinski definition) is 6. The van der Waals surface area contributed by atoms with Gasteiger partial charge in [-0.3, -0.25) is 0 Å². The lowest BCUT2D eigenvalue weighted by Gasteiger charge is -2.27. The molecular formula is C14H16N2O4. The number of phenolic OH excluding ortho intramolecular Hbond substituents is 2. The summed E-state index contributed by atoms with van der Waals surface area (Å²) in [6.07, 6.45) is 0. The Balaban J connectivity index is 2.57. The molecular weight excluding hydrogens is 260 g/mol. The number of hydrogen-bond acceptors (Lipinski definition) is 6. The second-order valence-corrected chi connectivity index (χ2v) is 4.57. The third kappa shape index (κ3) is 2.22. The number of aliphatic hydroxyl groups excluding tert-OH is 1. The maximum atomic E-state index is 10.7. The minimum absolute atomic E-state index is 0.0844. The number of nitrogens with two attached hydrogens (primary N) is 2. The highest BCUT2D eigenvalue weighted by Crippen LogP contribution is 2.35. The average molecular weight is 276 g/mol. The third-order valence-corrected chi connectivity index (χ3v) is 3.24. The number of rotatable bonds is 3. The van der Waals surface area contributed by atoms with Crippen molar-refractivity contribution < 1.29 is 20.4 Å². The van der Waals surface area contributed by atoms with Crippen LogP contribution in [0.25, 0.3) is 0 Å². The molecule has 0 unspecified atom stereocenters. The van der Waals surface area contributed by atoms with Crippen LogP contribution in [0, 0.1) is 0 Å². The highest BCUT2D eigenvalue weighted by Gasteiger charge is 2.32. The Morgan fingerprint density at radius 2 is 1.25 bits per heavy atom. The van der Waals surface area contributed by atoms with Gasteiger partial charge in [0, 0.05) is 0 Å². The van der Waals surface area contributed by atoms with Crippen molar-refractivity contribution in [2.24, 2.45) is 0 Å². The lowest BCUT2D eigenvalue weighted by atomic mass is 9.86. The standard InChI is InChI=1S/C14H16N2O4/c15-10-5-8(1-3-12(10)18)14(20,7-17)9-2-4-13(19)11(16)6-9/h1-6,17-20H,7,15-16H2. The van der Waals surface area contributed by atoms with Gasteiger partial charge in [0.2, 0.25) is 0 Å². The molecule has 0 atom stereocenters. The molecule has 2 rings (SSSR count). The van der Waals surface area contributed by atoms with E-state index in [1.54, 1.807) is 0 Å². The van der Waals surface area contributed by atoms with Crippen molar-refractivity contribution in [3.8, 4) is 11.5 Å². The molecule has 2 aromatic rings. The highest BCUT2D eigenvalue weighted by atomic mass is 16.3. The summed E-state index contributed by atoms with van der Waals surface area (Å²) in [5, 5.41) is 39.0. The van der Waals surface area contributed by atoms with E-state index in [4.69, 9.17) is 11.5 Å². The van der Waals surface area contributed by atoms with Crippen LogP contribution >= 0.6 is 0 Å². The second-order valence-electron chi connectivity index (χ2n) is 4.57. The van der Waals surface area contributed by atoms with E-state index in [0.29, 0.717) is 11.1 Å². The fraction of sp³-hybridized carbons (Fsp3) is 0.143. The minimum atomic E-state index is -1.73. The van der Waals surface area contributed by atoms with E-state index in [2.05, 4.69) is 0 Å². The lowest BCUT2D eigenvalue weighted by molar-refractivity contribution is 0.0173. The Kier molecular flexibility index (Phi) is 3.44. The van der Waals surface area contributed by atoms with Crippen LogP contribution in [-0.2, 0) is 5.60 Å². The quantitative estimate of drug-likeness (QED) is 0.357.